The predicted molar refractivity (Wildman–Crippen MR) is 76.0 cm³/mol. The van der Waals surface area contributed by atoms with Crippen LogP contribution in [0.25, 0.3) is 0 Å². The van der Waals surface area contributed by atoms with Crippen molar-refractivity contribution in [3.05, 3.63) is 23.9 Å². The van der Waals surface area contributed by atoms with Crippen LogP contribution in [-0.4, -0.2) is 38.8 Å². The first-order valence-corrected chi connectivity index (χ1v) is 6.64. The van der Waals surface area contributed by atoms with E-state index in [0.29, 0.717) is 0 Å². The van der Waals surface area contributed by atoms with Gasteiger partial charge in [0.05, 0.1) is 0 Å². The maximum Gasteiger partial charge on any atom is 0.132 e. The van der Waals surface area contributed by atoms with Crippen LogP contribution in [0.15, 0.2) is 18.3 Å². The third-order valence-electron chi connectivity index (χ3n) is 2.81. The molecule has 0 unspecified atom stereocenters. The number of pyridine rings is 1. The van der Waals surface area contributed by atoms with E-state index in [9.17, 15) is 0 Å². The second kappa shape index (κ2) is 8.89. The van der Waals surface area contributed by atoms with Crippen molar-refractivity contribution in [3.8, 4) is 0 Å². The molecule has 1 N–H and O–H groups in total. The monoisotopic (exact) mass is 251 g/mol. The standard InChI is InChI=1S/C14H25N3O/c1-4-8-15-12-13-7-5-9-16-14(13)17(2)10-6-11-18-3/h5,7,9,15H,4,6,8,10-12H2,1-3H3. The average Bonchev–Trinajstić information content (AvgIpc) is 2.40. The summed E-state index contributed by atoms with van der Waals surface area (Å²) in [5, 5.41) is 3.42. The minimum absolute atomic E-state index is 0.792. The molecule has 0 bridgehead atoms. The number of methoxy groups -OCH3 is 1. The summed E-state index contributed by atoms with van der Waals surface area (Å²) in [5.41, 5.74) is 1.26. The van der Waals surface area contributed by atoms with Crippen LogP contribution < -0.4 is 10.2 Å². The fraction of sp³-hybridized carbons (Fsp3) is 0.643. The molecule has 0 spiro atoms. The molecule has 0 radical (unpaired) electrons. The van der Waals surface area contributed by atoms with Crippen LogP contribution in [0.2, 0.25) is 0 Å². The highest BCUT2D eigenvalue weighted by molar-refractivity contribution is 5.45. The highest BCUT2D eigenvalue weighted by Gasteiger charge is 2.07. The van der Waals surface area contributed by atoms with E-state index in [1.807, 2.05) is 12.3 Å². The molecule has 0 aliphatic heterocycles. The number of anilines is 1. The molecule has 1 aromatic heterocycles. The minimum Gasteiger partial charge on any atom is -0.385 e. The molecule has 0 saturated carbocycles. The van der Waals surface area contributed by atoms with E-state index in [1.165, 1.54) is 5.56 Å². The van der Waals surface area contributed by atoms with Gasteiger partial charge in [-0.2, -0.15) is 0 Å². The number of hydrogen-bond acceptors (Lipinski definition) is 4. The lowest BCUT2D eigenvalue weighted by atomic mass is 10.2. The summed E-state index contributed by atoms with van der Waals surface area (Å²) < 4.78 is 5.08. The van der Waals surface area contributed by atoms with Crippen molar-refractivity contribution in [3.63, 3.8) is 0 Å². The number of rotatable bonds is 9. The van der Waals surface area contributed by atoms with Crippen LogP contribution in [0.3, 0.4) is 0 Å². The Bertz CT molecular complexity index is 331. The molecule has 0 saturated heterocycles. The first-order chi connectivity index (χ1) is 8.79. The van der Waals surface area contributed by atoms with Crippen molar-refractivity contribution in [1.82, 2.24) is 10.3 Å². The molecule has 1 aromatic rings. The van der Waals surface area contributed by atoms with E-state index in [0.717, 1.165) is 44.9 Å². The molecule has 1 heterocycles. The zero-order valence-electron chi connectivity index (χ0n) is 11.8. The van der Waals surface area contributed by atoms with Gasteiger partial charge in [0.1, 0.15) is 5.82 Å². The number of aromatic nitrogens is 1. The fourth-order valence-electron chi connectivity index (χ4n) is 1.86. The molecule has 4 nitrogen and oxygen atoms in total. The second-order valence-corrected chi connectivity index (χ2v) is 4.43. The van der Waals surface area contributed by atoms with Crippen molar-refractivity contribution in [1.29, 1.82) is 0 Å². The second-order valence-electron chi connectivity index (χ2n) is 4.43. The van der Waals surface area contributed by atoms with Crippen molar-refractivity contribution in [2.45, 2.75) is 26.3 Å². The Labute approximate surface area is 110 Å². The summed E-state index contributed by atoms with van der Waals surface area (Å²) in [5.74, 6) is 1.07. The van der Waals surface area contributed by atoms with Crippen LogP contribution in [-0.2, 0) is 11.3 Å². The van der Waals surface area contributed by atoms with Gasteiger partial charge in [-0.05, 0) is 25.5 Å². The number of nitrogens with one attached hydrogen (secondary N) is 1. The van der Waals surface area contributed by atoms with E-state index in [-0.39, 0.29) is 0 Å². The Kier molecular flexibility index (Phi) is 7.37. The molecule has 0 aromatic carbocycles. The van der Waals surface area contributed by atoms with Crippen LogP contribution in [0, 0.1) is 0 Å². The summed E-state index contributed by atoms with van der Waals surface area (Å²) in [6.45, 7) is 5.85. The predicted octanol–water partition coefficient (Wildman–Crippen LogP) is 2.05. The van der Waals surface area contributed by atoms with Gasteiger partial charge in [-0.3, -0.25) is 0 Å². The zero-order chi connectivity index (χ0) is 13.2. The first kappa shape index (κ1) is 14.9. The van der Waals surface area contributed by atoms with E-state index in [2.05, 4.69) is 35.2 Å². The largest absolute Gasteiger partial charge is 0.385 e. The van der Waals surface area contributed by atoms with E-state index in [1.54, 1.807) is 7.11 Å². The Hall–Kier alpha value is -1.13. The van der Waals surface area contributed by atoms with Crippen molar-refractivity contribution in [2.24, 2.45) is 0 Å². The maximum atomic E-state index is 5.08. The van der Waals surface area contributed by atoms with Crippen molar-refractivity contribution >= 4 is 5.82 Å². The van der Waals surface area contributed by atoms with Gasteiger partial charge in [-0.1, -0.05) is 13.0 Å². The molecule has 4 heteroatoms. The SMILES string of the molecule is CCCNCc1cccnc1N(C)CCCOC. The lowest BCUT2D eigenvalue weighted by molar-refractivity contribution is 0.196. The van der Waals surface area contributed by atoms with Gasteiger partial charge >= 0.3 is 0 Å². The van der Waals surface area contributed by atoms with E-state index < -0.39 is 0 Å². The summed E-state index contributed by atoms with van der Waals surface area (Å²) in [4.78, 5) is 6.68. The smallest absolute Gasteiger partial charge is 0.132 e. The normalized spacial score (nSPS) is 10.6. The quantitative estimate of drug-likeness (QED) is 0.682. The number of nitrogens with zero attached hydrogens (tertiary/aromatic N) is 2. The Morgan fingerprint density at radius 2 is 2.28 bits per heavy atom. The molecule has 0 atom stereocenters. The third-order valence-corrected chi connectivity index (χ3v) is 2.81. The highest BCUT2D eigenvalue weighted by atomic mass is 16.5. The van der Waals surface area contributed by atoms with E-state index in [4.69, 9.17) is 4.74 Å². The molecule has 18 heavy (non-hydrogen) atoms. The van der Waals surface area contributed by atoms with Crippen molar-refractivity contribution in [2.75, 3.05) is 38.8 Å². The number of hydrogen-bond donors (Lipinski definition) is 1. The van der Waals surface area contributed by atoms with Crippen LogP contribution in [0.1, 0.15) is 25.3 Å². The maximum absolute atomic E-state index is 5.08. The Balaban J connectivity index is 2.56. The Morgan fingerprint density at radius 3 is 3.00 bits per heavy atom. The van der Waals surface area contributed by atoms with Gasteiger partial charge < -0.3 is 15.0 Å². The van der Waals surface area contributed by atoms with Crippen LogP contribution >= 0.6 is 0 Å². The fourth-order valence-corrected chi connectivity index (χ4v) is 1.86. The van der Waals surface area contributed by atoms with Gasteiger partial charge in [-0.15, -0.1) is 0 Å². The molecule has 1 rings (SSSR count). The molecular formula is C14H25N3O. The molecule has 0 fully saturated rings. The molecule has 0 amide bonds. The van der Waals surface area contributed by atoms with Crippen LogP contribution in [0.5, 0.6) is 0 Å². The summed E-state index contributed by atoms with van der Waals surface area (Å²) in [6.07, 6.45) is 4.02. The van der Waals surface area contributed by atoms with Crippen molar-refractivity contribution < 1.29 is 4.74 Å². The van der Waals surface area contributed by atoms with Gasteiger partial charge in [0, 0.05) is 45.6 Å². The van der Waals surface area contributed by atoms with Crippen LogP contribution in [0.4, 0.5) is 5.82 Å². The van der Waals surface area contributed by atoms with Gasteiger partial charge in [0.25, 0.3) is 0 Å². The lowest BCUT2D eigenvalue weighted by Gasteiger charge is -2.21. The summed E-state index contributed by atoms with van der Waals surface area (Å²) in [6, 6.07) is 4.13. The Morgan fingerprint density at radius 1 is 1.44 bits per heavy atom. The molecule has 102 valence electrons. The summed E-state index contributed by atoms with van der Waals surface area (Å²) in [7, 11) is 3.82. The zero-order valence-corrected chi connectivity index (χ0v) is 11.8. The highest BCUT2D eigenvalue weighted by Crippen LogP contribution is 2.15. The lowest BCUT2D eigenvalue weighted by Crippen LogP contribution is -2.24. The van der Waals surface area contributed by atoms with E-state index >= 15 is 0 Å². The summed E-state index contributed by atoms with van der Waals surface area (Å²) >= 11 is 0. The minimum atomic E-state index is 0.792. The first-order valence-electron chi connectivity index (χ1n) is 6.64. The third kappa shape index (κ3) is 5.02. The molecular weight excluding hydrogens is 226 g/mol. The average molecular weight is 251 g/mol. The molecule has 0 aliphatic carbocycles. The van der Waals surface area contributed by atoms with Gasteiger partial charge in [-0.25, -0.2) is 4.98 Å². The topological polar surface area (TPSA) is 37.4 Å². The van der Waals surface area contributed by atoms with Gasteiger partial charge in [0.15, 0.2) is 0 Å². The number of ether oxygens (including phenoxy) is 1. The van der Waals surface area contributed by atoms with Gasteiger partial charge in [0.2, 0.25) is 0 Å². The molecule has 0 aliphatic rings.